The molecule has 9 heteroatoms. The Morgan fingerprint density at radius 1 is 0.839 bits per heavy atom. The van der Waals surface area contributed by atoms with E-state index in [-0.39, 0.29) is 23.5 Å². The summed E-state index contributed by atoms with van der Waals surface area (Å²) < 4.78 is 5.85. The zero-order chi connectivity index (χ0) is 21.3. The number of aromatic nitrogens is 4. The van der Waals surface area contributed by atoms with Gasteiger partial charge < -0.3 is 14.9 Å². The lowest BCUT2D eigenvalue weighted by Crippen LogP contribution is -2.20. The Bertz CT molecular complexity index is 1230. The van der Waals surface area contributed by atoms with Crippen LogP contribution in [0.25, 0.3) is 0 Å². The van der Waals surface area contributed by atoms with E-state index in [2.05, 4.69) is 20.4 Å². The molecule has 0 spiro atoms. The van der Waals surface area contributed by atoms with Gasteiger partial charge in [-0.2, -0.15) is 0 Å². The molecule has 0 aliphatic carbocycles. The minimum Gasteiger partial charge on any atom is -0.489 e. The number of H-pyrrole nitrogens is 4. The van der Waals surface area contributed by atoms with Crippen LogP contribution in [0.1, 0.15) is 39.6 Å². The normalized spacial score (nSPS) is 10.8. The van der Waals surface area contributed by atoms with Gasteiger partial charge in [-0.05, 0) is 37.6 Å². The first-order chi connectivity index (χ1) is 14.5. The van der Waals surface area contributed by atoms with Crippen LogP contribution < -0.4 is 15.9 Å². The van der Waals surface area contributed by atoms with E-state index in [1.165, 1.54) is 0 Å². The standard InChI is InChI=1S/C22H21ClN4O3.ClH/c1-12-18(21(28)26-24-12)20(19-13(2)25-27-22(19)29)14-7-9-16(10-8-14)30-11-15-5-3-4-6-17(15)23;/h3-10,20H,11H2,1-2H3,(H2,24,26,28)(H2,25,27,29);1H. The molecule has 2 aromatic carbocycles. The van der Waals surface area contributed by atoms with Gasteiger partial charge in [0, 0.05) is 27.9 Å². The van der Waals surface area contributed by atoms with E-state index in [9.17, 15) is 9.59 Å². The Labute approximate surface area is 189 Å². The van der Waals surface area contributed by atoms with Crippen molar-refractivity contribution in [3.05, 3.63) is 108 Å². The van der Waals surface area contributed by atoms with Crippen LogP contribution in [0.3, 0.4) is 0 Å². The lowest BCUT2D eigenvalue weighted by Gasteiger charge is -2.16. The Morgan fingerprint density at radius 2 is 1.39 bits per heavy atom. The van der Waals surface area contributed by atoms with E-state index < -0.39 is 5.92 Å². The molecule has 0 bridgehead atoms. The van der Waals surface area contributed by atoms with Crippen molar-refractivity contribution in [2.24, 2.45) is 0 Å². The highest BCUT2D eigenvalue weighted by molar-refractivity contribution is 6.31. The summed E-state index contributed by atoms with van der Waals surface area (Å²) in [5, 5.41) is 11.5. The van der Waals surface area contributed by atoms with Crippen molar-refractivity contribution in [1.82, 2.24) is 20.4 Å². The molecule has 0 amide bonds. The Morgan fingerprint density at radius 3 is 1.87 bits per heavy atom. The van der Waals surface area contributed by atoms with Crippen molar-refractivity contribution in [1.29, 1.82) is 0 Å². The number of hydrogen-bond donors (Lipinski definition) is 4. The van der Waals surface area contributed by atoms with E-state index in [1.807, 2.05) is 48.5 Å². The number of rotatable bonds is 6. The highest BCUT2D eigenvalue weighted by Gasteiger charge is 2.27. The molecule has 4 N–H and O–H groups in total. The monoisotopic (exact) mass is 460 g/mol. The van der Waals surface area contributed by atoms with Gasteiger partial charge in [0.05, 0.1) is 11.1 Å². The van der Waals surface area contributed by atoms with Crippen LogP contribution in [0.5, 0.6) is 5.75 Å². The highest BCUT2D eigenvalue weighted by atomic mass is 35.5. The van der Waals surface area contributed by atoms with E-state index in [0.717, 1.165) is 11.1 Å². The van der Waals surface area contributed by atoms with Gasteiger partial charge in [-0.3, -0.25) is 19.8 Å². The lowest BCUT2D eigenvalue weighted by atomic mass is 9.85. The number of halogens is 2. The van der Waals surface area contributed by atoms with Gasteiger partial charge in [-0.15, -0.1) is 12.4 Å². The van der Waals surface area contributed by atoms with E-state index >= 15 is 0 Å². The predicted octanol–water partition coefficient (Wildman–Crippen LogP) is 4.17. The van der Waals surface area contributed by atoms with Crippen LogP contribution in [-0.4, -0.2) is 20.4 Å². The Kier molecular flexibility index (Phi) is 6.77. The van der Waals surface area contributed by atoms with E-state index in [0.29, 0.717) is 39.9 Å². The van der Waals surface area contributed by atoms with Crippen molar-refractivity contribution >= 4 is 24.0 Å². The SMILES string of the molecule is Cc1[nH][nH]c(=O)c1C(c1ccc(OCc2ccccc2Cl)cc1)c1c(C)[nH][nH]c1=O.Cl. The fourth-order valence-electron chi connectivity index (χ4n) is 3.62. The summed E-state index contributed by atoms with van der Waals surface area (Å²) in [4.78, 5) is 25.0. The largest absolute Gasteiger partial charge is 0.489 e. The molecule has 7 nitrogen and oxygen atoms in total. The molecule has 4 aromatic rings. The molecule has 0 unspecified atom stereocenters. The Hall–Kier alpha value is -3.16. The molecule has 0 saturated heterocycles. The summed E-state index contributed by atoms with van der Waals surface area (Å²) in [6.45, 7) is 3.95. The smallest absolute Gasteiger partial charge is 0.268 e. The molecule has 162 valence electrons. The average molecular weight is 461 g/mol. The maximum Gasteiger partial charge on any atom is 0.268 e. The van der Waals surface area contributed by atoms with Crippen LogP contribution in [0.15, 0.2) is 58.1 Å². The molecular formula is C22H22Cl2N4O3. The van der Waals surface area contributed by atoms with Crippen molar-refractivity contribution in [2.75, 3.05) is 0 Å². The molecule has 0 aliphatic heterocycles. The quantitative estimate of drug-likeness (QED) is 0.346. The molecule has 0 radical (unpaired) electrons. The van der Waals surface area contributed by atoms with Crippen molar-refractivity contribution in [3.63, 3.8) is 0 Å². The minimum absolute atomic E-state index is 0. The number of benzene rings is 2. The van der Waals surface area contributed by atoms with Crippen LogP contribution >= 0.6 is 24.0 Å². The summed E-state index contributed by atoms with van der Waals surface area (Å²) in [6.07, 6.45) is 0. The van der Waals surface area contributed by atoms with Crippen LogP contribution in [0, 0.1) is 13.8 Å². The summed E-state index contributed by atoms with van der Waals surface area (Å²) in [5.41, 5.74) is 3.58. The summed E-state index contributed by atoms with van der Waals surface area (Å²) in [7, 11) is 0. The van der Waals surface area contributed by atoms with Crippen LogP contribution in [0.4, 0.5) is 0 Å². The summed E-state index contributed by atoms with van der Waals surface area (Å²) in [6, 6.07) is 14.9. The fourth-order valence-corrected chi connectivity index (χ4v) is 3.81. The van der Waals surface area contributed by atoms with Gasteiger partial charge in [-0.1, -0.05) is 41.9 Å². The molecule has 4 rings (SSSR count). The average Bonchev–Trinajstić information content (AvgIpc) is 3.25. The van der Waals surface area contributed by atoms with Crippen molar-refractivity contribution in [3.8, 4) is 5.75 Å². The third-order valence-electron chi connectivity index (χ3n) is 5.17. The number of nitrogens with one attached hydrogen (secondary N) is 4. The third-order valence-corrected chi connectivity index (χ3v) is 5.54. The minimum atomic E-state index is -0.521. The van der Waals surface area contributed by atoms with Gasteiger partial charge in [0.25, 0.3) is 11.1 Å². The number of aromatic amines is 4. The second-order valence-electron chi connectivity index (χ2n) is 7.12. The van der Waals surface area contributed by atoms with E-state index in [1.54, 1.807) is 13.8 Å². The number of hydrogen-bond acceptors (Lipinski definition) is 3. The van der Waals surface area contributed by atoms with Gasteiger partial charge >= 0.3 is 0 Å². The molecule has 0 atom stereocenters. The maximum absolute atomic E-state index is 12.5. The number of aryl methyl sites for hydroxylation is 2. The second kappa shape index (κ2) is 9.32. The summed E-state index contributed by atoms with van der Waals surface area (Å²) >= 11 is 6.18. The molecule has 2 heterocycles. The molecule has 31 heavy (non-hydrogen) atoms. The Balaban J connectivity index is 0.00000272. The van der Waals surface area contributed by atoms with Gasteiger partial charge in [0.2, 0.25) is 0 Å². The topological polar surface area (TPSA) is 107 Å². The van der Waals surface area contributed by atoms with Gasteiger partial charge in [0.15, 0.2) is 0 Å². The highest BCUT2D eigenvalue weighted by Crippen LogP contribution is 2.32. The van der Waals surface area contributed by atoms with Crippen LogP contribution in [-0.2, 0) is 6.61 Å². The zero-order valence-electron chi connectivity index (χ0n) is 16.9. The summed E-state index contributed by atoms with van der Waals surface area (Å²) in [5.74, 6) is 0.143. The zero-order valence-corrected chi connectivity index (χ0v) is 18.5. The second-order valence-corrected chi connectivity index (χ2v) is 7.52. The molecule has 0 saturated carbocycles. The first-order valence-electron chi connectivity index (χ1n) is 9.46. The lowest BCUT2D eigenvalue weighted by molar-refractivity contribution is 0.306. The maximum atomic E-state index is 12.5. The number of ether oxygens (including phenoxy) is 1. The molecule has 0 aliphatic rings. The third kappa shape index (κ3) is 4.47. The van der Waals surface area contributed by atoms with Crippen molar-refractivity contribution < 1.29 is 4.74 Å². The van der Waals surface area contributed by atoms with E-state index in [4.69, 9.17) is 16.3 Å². The molecule has 2 aromatic heterocycles. The first kappa shape index (κ1) is 22.5. The van der Waals surface area contributed by atoms with Crippen LogP contribution in [0.2, 0.25) is 5.02 Å². The first-order valence-corrected chi connectivity index (χ1v) is 9.84. The predicted molar refractivity (Wildman–Crippen MR) is 123 cm³/mol. The fraction of sp³-hybridized carbons (Fsp3) is 0.182. The van der Waals surface area contributed by atoms with Gasteiger partial charge in [-0.25, -0.2) is 0 Å². The van der Waals surface area contributed by atoms with Crippen molar-refractivity contribution in [2.45, 2.75) is 26.4 Å². The molecule has 0 fully saturated rings. The molecular weight excluding hydrogens is 439 g/mol. The van der Waals surface area contributed by atoms with Gasteiger partial charge in [0.1, 0.15) is 12.4 Å².